The van der Waals surface area contributed by atoms with Crippen molar-refractivity contribution in [3.05, 3.63) is 42.5 Å². The molecule has 3 heterocycles. The molecule has 2 N–H and O–H groups in total. The van der Waals surface area contributed by atoms with Gasteiger partial charge in [0.1, 0.15) is 17.5 Å². The van der Waals surface area contributed by atoms with E-state index in [1.54, 1.807) is 12.4 Å². The van der Waals surface area contributed by atoms with E-state index in [1.165, 1.54) is 0 Å². The van der Waals surface area contributed by atoms with Crippen LogP contribution in [0.3, 0.4) is 0 Å². The van der Waals surface area contributed by atoms with Crippen LogP contribution >= 0.6 is 0 Å². The minimum Gasteiger partial charge on any atom is -0.378 e. The standard InChI is InChI=1S/C13H15N5O/c1-2-5-15-11(3-1)17-12-4-6-16-13(18-12)10-9-19-8-7-14-10/h1-6,10,14H,7-9H2,(H,15,16,17,18)/t10-/m1/s1. The molecule has 0 amide bonds. The van der Waals surface area contributed by atoms with Crippen molar-refractivity contribution in [2.45, 2.75) is 6.04 Å². The van der Waals surface area contributed by atoms with Crippen molar-refractivity contribution in [2.24, 2.45) is 0 Å². The van der Waals surface area contributed by atoms with Crippen LogP contribution in [0.5, 0.6) is 0 Å². The summed E-state index contributed by atoms with van der Waals surface area (Å²) in [5.74, 6) is 2.23. The number of aromatic nitrogens is 3. The maximum atomic E-state index is 5.42. The Morgan fingerprint density at radius 2 is 2.16 bits per heavy atom. The molecule has 2 aromatic heterocycles. The largest absolute Gasteiger partial charge is 0.378 e. The van der Waals surface area contributed by atoms with Gasteiger partial charge < -0.3 is 15.4 Å². The van der Waals surface area contributed by atoms with E-state index in [9.17, 15) is 0 Å². The van der Waals surface area contributed by atoms with Gasteiger partial charge in [0.25, 0.3) is 0 Å². The summed E-state index contributed by atoms with van der Waals surface area (Å²) in [5, 5.41) is 6.49. The van der Waals surface area contributed by atoms with Crippen LogP contribution in [0.1, 0.15) is 11.9 Å². The van der Waals surface area contributed by atoms with Crippen LogP contribution in [0, 0.1) is 0 Å². The summed E-state index contributed by atoms with van der Waals surface area (Å²) in [6, 6.07) is 7.57. The zero-order valence-electron chi connectivity index (χ0n) is 10.4. The third-order valence-corrected chi connectivity index (χ3v) is 2.83. The van der Waals surface area contributed by atoms with E-state index in [4.69, 9.17) is 4.74 Å². The lowest BCUT2D eigenvalue weighted by molar-refractivity contribution is 0.0742. The average Bonchev–Trinajstić information content (AvgIpc) is 2.49. The number of hydrogen-bond donors (Lipinski definition) is 2. The van der Waals surface area contributed by atoms with E-state index in [-0.39, 0.29) is 6.04 Å². The van der Waals surface area contributed by atoms with E-state index in [1.807, 2.05) is 24.3 Å². The lowest BCUT2D eigenvalue weighted by Crippen LogP contribution is -2.35. The molecule has 1 aliphatic rings. The number of nitrogens with one attached hydrogen (secondary N) is 2. The van der Waals surface area contributed by atoms with Crippen molar-refractivity contribution in [2.75, 3.05) is 25.1 Å². The predicted octanol–water partition coefficient (Wildman–Crippen LogP) is 1.28. The molecule has 0 radical (unpaired) electrons. The fraction of sp³-hybridized carbons (Fsp3) is 0.308. The molecule has 1 saturated heterocycles. The molecule has 6 nitrogen and oxygen atoms in total. The average molecular weight is 257 g/mol. The molecule has 1 atom stereocenters. The van der Waals surface area contributed by atoms with Gasteiger partial charge >= 0.3 is 0 Å². The fourth-order valence-electron chi connectivity index (χ4n) is 1.91. The Balaban J connectivity index is 1.76. The third kappa shape index (κ3) is 3.04. The summed E-state index contributed by atoms with van der Waals surface area (Å²) in [6.07, 6.45) is 3.48. The minimum absolute atomic E-state index is 0.0548. The van der Waals surface area contributed by atoms with Crippen LogP contribution in [0.2, 0.25) is 0 Å². The SMILES string of the molecule is c1ccc(Nc2ccnc([C@H]3COCCN3)n2)nc1. The number of anilines is 2. The van der Waals surface area contributed by atoms with Crippen LogP contribution in [0.25, 0.3) is 0 Å². The molecule has 2 aromatic rings. The number of nitrogens with zero attached hydrogens (tertiary/aromatic N) is 3. The lowest BCUT2D eigenvalue weighted by Gasteiger charge is -2.22. The topological polar surface area (TPSA) is 72.0 Å². The molecule has 0 saturated carbocycles. The Morgan fingerprint density at radius 1 is 1.16 bits per heavy atom. The van der Waals surface area contributed by atoms with Crippen molar-refractivity contribution in [1.82, 2.24) is 20.3 Å². The quantitative estimate of drug-likeness (QED) is 0.863. The van der Waals surface area contributed by atoms with Gasteiger partial charge in [0, 0.05) is 18.9 Å². The van der Waals surface area contributed by atoms with Crippen LogP contribution < -0.4 is 10.6 Å². The summed E-state index contributed by atoms with van der Waals surface area (Å²) in [6.45, 7) is 2.17. The van der Waals surface area contributed by atoms with Gasteiger partial charge in [-0.3, -0.25) is 0 Å². The molecule has 1 aliphatic heterocycles. The summed E-state index contributed by atoms with van der Waals surface area (Å²) < 4.78 is 5.42. The smallest absolute Gasteiger partial charge is 0.149 e. The van der Waals surface area contributed by atoms with Gasteiger partial charge in [-0.15, -0.1) is 0 Å². The number of pyridine rings is 1. The highest BCUT2D eigenvalue weighted by Crippen LogP contribution is 2.15. The third-order valence-electron chi connectivity index (χ3n) is 2.83. The Morgan fingerprint density at radius 3 is 2.95 bits per heavy atom. The fourth-order valence-corrected chi connectivity index (χ4v) is 1.91. The van der Waals surface area contributed by atoms with E-state index in [0.717, 1.165) is 30.6 Å². The monoisotopic (exact) mass is 257 g/mol. The number of hydrogen-bond acceptors (Lipinski definition) is 6. The Labute approximate surface area is 111 Å². The predicted molar refractivity (Wildman–Crippen MR) is 71.1 cm³/mol. The van der Waals surface area contributed by atoms with Crippen LogP contribution in [-0.4, -0.2) is 34.7 Å². The zero-order valence-corrected chi connectivity index (χ0v) is 10.4. The van der Waals surface area contributed by atoms with E-state index in [0.29, 0.717) is 6.61 Å². The molecule has 19 heavy (non-hydrogen) atoms. The first-order chi connectivity index (χ1) is 9.42. The molecule has 0 aliphatic carbocycles. The van der Waals surface area contributed by atoms with Crippen molar-refractivity contribution in [1.29, 1.82) is 0 Å². The van der Waals surface area contributed by atoms with Crippen molar-refractivity contribution >= 4 is 11.6 Å². The van der Waals surface area contributed by atoms with E-state index >= 15 is 0 Å². The van der Waals surface area contributed by atoms with Gasteiger partial charge in [-0.1, -0.05) is 6.07 Å². The number of ether oxygens (including phenoxy) is 1. The van der Waals surface area contributed by atoms with E-state index < -0.39 is 0 Å². The number of morpholine rings is 1. The zero-order chi connectivity index (χ0) is 12.9. The highest BCUT2D eigenvalue weighted by atomic mass is 16.5. The molecular weight excluding hydrogens is 242 g/mol. The van der Waals surface area contributed by atoms with Gasteiger partial charge in [-0.25, -0.2) is 15.0 Å². The second-order valence-corrected chi connectivity index (χ2v) is 4.22. The molecule has 1 fully saturated rings. The lowest BCUT2D eigenvalue weighted by atomic mass is 10.2. The van der Waals surface area contributed by atoms with Crippen molar-refractivity contribution < 1.29 is 4.74 Å². The summed E-state index contributed by atoms with van der Waals surface area (Å²) in [7, 11) is 0. The van der Waals surface area contributed by atoms with Crippen LogP contribution in [0.15, 0.2) is 36.7 Å². The molecule has 98 valence electrons. The summed E-state index contributed by atoms with van der Waals surface area (Å²) in [4.78, 5) is 13.0. The highest BCUT2D eigenvalue weighted by Gasteiger charge is 2.18. The Bertz CT molecular complexity index is 528. The molecule has 6 heteroatoms. The van der Waals surface area contributed by atoms with Crippen LogP contribution in [-0.2, 0) is 4.74 Å². The minimum atomic E-state index is 0.0548. The first kappa shape index (κ1) is 12.0. The molecule has 0 unspecified atom stereocenters. The highest BCUT2D eigenvalue weighted by molar-refractivity contribution is 5.50. The first-order valence-electron chi connectivity index (χ1n) is 6.24. The maximum Gasteiger partial charge on any atom is 0.149 e. The summed E-state index contributed by atoms with van der Waals surface area (Å²) >= 11 is 0. The van der Waals surface area contributed by atoms with Gasteiger partial charge in [-0.2, -0.15) is 0 Å². The van der Waals surface area contributed by atoms with Gasteiger partial charge in [-0.05, 0) is 18.2 Å². The van der Waals surface area contributed by atoms with Gasteiger partial charge in [0.05, 0.1) is 19.3 Å². The molecular formula is C13H15N5O. The first-order valence-corrected chi connectivity index (χ1v) is 6.24. The number of rotatable bonds is 3. The molecule has 3 rings (SSSR count). The Hall–Kier alpha value is -2.05. The molecule has 0 aromatic carbocycles. The molecule has 0 bridgehead atoms. The van der Waals surface area contributed by atoms with Gasteiger partial charge in [0.2, 0.25) is 0 Å². The van der Waals surface area contributed by atoms with Crippen LogP contribution in [0.4, 0.5) is 11.6 Å². The van der Waals surface area contributed by atoms with Gasteiger partial charge in [0.15, 0.2) is 0 Å². The normalized spacial score (nSPS) is 19.1. The van der Waals surface area contributed by atoms with Crippen molar-refractivity contribution in [3.8, 4) is 0 Å². The maximum absolute atomic E-state index is 5.42. The van der Waals surface area contributed by atoms with E-state index in [2.05, 4.69) is 25.6 Å². The second kappa shape index (κ2) is 5.73. The second-order valence-electron chi connectivity index (χ2n) is 4.22. The Kier molecular flexibility index (Phi) is 3.62. The molecule has 0 spiro atoms. The van der Waals surface area contributed by atoms with Crippen molar-refractivity contribution in [3.63, 3.8) is 0 Å². The summed E-state index contributed by atoms with van der Waals surface area (Å²) in [5.41, 5.74) is 0.